The van der Waals surface area contributed by atoms with Gasteiger partial charge >= 0.3 is 12.5 Å². The van der Waals surface area contributed by atoms with Crippen LogP contribution >= 0.6 is 0 Å². The van der Waals surface area contributed by atoms with Gasteiger partial charge in [0.1, 0.15) is 19.0 Å². The van der Waals surface area contributed by atoms with E-state index in [9.17, 15) is 13.6 Å². The number of alkyl halides is 2. The average molecular weight is 356 g/mol. The molecule has 0 radical (unpaired) electrons. The summed E-state index contributed by atoms with van der Waals surface area (Å²) >= 11 is 0. The van der Waals surface area contributed by atoms with Gasteiger partial charge in [0.2, 0.25) is 0 Å². The van der Waals surface area contributed by atoms with E-state index < -0.39 is 12.5 Å². The molecule has 0 saturated heterocycles. The van der Waals surface area contributed by atoms with Crippen LogP contribution in [-0.4, -0.2) is 22.1 Å². The Hall–Kier alpha value is -3.22. The summed E-state index contributed by atoms with van der Waals surface area (Å²) in [7, 11) is 0. The summed E-state index contributed by atoms with van der Waals surface area (Å²) < 4.78 is 38.2. The fraction of sp³-hybridized carbons (Fsp3) is 0.158. The molecule has 2 heterocycles. The molecule has 0 amide bonds. The number of hydrogen-bond donors (Lipinski definition) is 0. The van der Waals surface area contributed by atoms with Crippen molar-refractivity contribution in [2.45, 2.75) is 13.2 Å². The molecular weight excluding hydrogens is 342 g/mol. The van der Waals surface area contributed by atoms with Crippen molar-refractivity contribution in [2.75, 3.05) is 6.61 Å². The first-order valence-corrected chi connectivity index (χ1v) is 7.97. The summed E-state index contributed by atoms with van der Waals surface area (Å²) in [6.07, 6.45) is 1.68. The van der Waals surface area contributed by atoms with Gasteiger partial charge in [0, 0.05) is 5.56 Å². The Kier molecular flexibility index (Phi) is 4.12. The second-order valence-electron chi connectivity index (χ2n) is 5.74. The van der Waals surface area contributed by atoms with E-state index in [0.29, 0.717) is 22.4 Å². The van der Waals surface area contributed by atoms with Crippen molar-refractivity contribution in [3.05, 3.63) is 65.5 Å². The van der Waals surface area contributed by atoms with Gasteiger partial charge in [-0.15, -0.1) is 0 Å². The van der Waals surface area contributed by atoms with Gasteiger partial charge in [-0.25, -0.2) is 9.78 Å². The zero-order chi connectivity index (χ0) is 18.1. The lowest BCUT2D eigenvalue weighted by Crippen LogP contribution is -2.18. The van der Waals surface area contributed by atoms with Crippen LogP contribution in [0.3, 0.4) is 0 Å². The first-order valence-electron chi connectivity index (χ1n) is 7.97. The normalized spacial score (nSPS) is 13.3. The van der Waals surface area contributed by atoms with E-state index in [0.717, 1.165) is 10.1 Å². The largest absolute Gasteiger partial charge is 0.488 e. The number of rotatable bonds is 4. The second-order valence-corrected chi connectivity index (χ2v) is 5.74. The molecule has 1 aromatic heterocycles. The van der Waals surface area contributed by atoms with Gasteiger partial charge in [0.05, 0.1) is 16.6 Å². The minimum Gasteiger partial charge on any atom is -0.488 e. The monoisotopic (exact) mass is 356 g/mol. The number of imidazole rings is 1. The van der Waals surface area contributed by atoms with E-state index in [1.807, 2.05) is 18.2 Å². The molecule has 0 spiro atoms. The number of aromatic nitrogens is 2. The average Bonchev–Trinajstić information content (AvgIpc) is 3.04. The molecule has 0 N–H and O–H groups in total. The zero-order valence-electron chi connectivity index (χ0n) is 13.6. The highest BCUT2D eigenvalue weighted by atomic mass is 19.3. The van der Waals surface area contributed by atoms with Crippen molar-refractivity contribution in [3.63, 3.8) is 0 Å². The molecule has 0 atom stereocenters. The van der Waals surface area contributed by atoms with E-state index in [1.165, 1.54) is 0 Å². The van der Waals surface area contributed by atoms with Gasteiger partial charge < -0.3 is 9.47 Å². The topological polar surface area (TPSA) is 53.3 Å². The van der Waals surface area contributed by atoms with Crippen LogP contribution in [0.2, 0.25) is 0 Å². The Labute approximate surface area is 147 Å². The lowest BCUT2D eigenvalue weighted by atomic mass is 10.1. The Balaban J connectivity index is 1.55. The quantitative estimate of drug-likeness (QED) is 0.664. The molecule has 4 rings (SSSR count). The van der Waals surface area contributed by atoms with E-state index in [2.05, 4.69) is 4.98 Å². The van der Waals surface area contributed by atoms with Crippen LogP contribution in [0.5, 0.6) is 5.75 Å². The van der Waals surface area contributed by atoms with Crippen molar-refractivity contribution in [3.8, 4) is 5.75 Å². The Morgan fingerprint density at radius 3 is 2.81 bits per heavy atom. The van der Waals surface area contributed by atoms with Gasteiger partial charge in [0.25, 0.3) is 0 Å². The number of nitrogens with zero attached hydrogens (tertiary/aromatic N) is 2. The maximum Gasteiger partial charge on any atom is 0.337 e. The summed E-state index contributed by atoms with van der Waals surface area (Å²) in [5.41, 5.74) is 1.81. The molecule has 132 valence electrons. The third kappa shape index (κ3) is 2.92. The van der Waals surface area contributed by atoms with Crippen molar-refractivity contribution < 1.29 is 23.0 Å². The molecule has 1 aliphatic heterocycles. The van der Waals surface area contributed by atoms with Crippen LogP contribution in [0.1, 0.15) is 17.9 Å². The van der Waals surface area contributed by atoms with E-state index in [1.54, 1.807) is 36.4 Å². The summed E-state index contributed by atoms with van der Waals surface area (Å²) in [5.74, 6) is 0.0585. The molecule has 0 bridgehead atoms. The fourth-order valence-electron chi connectivity index (χ4n) is 2.87. The molecule has 0 aliphatic carbocycles. The van der Waals surface area contributed by atoms with E-state index >= 15 is 0 Å². The zero-order valence-corrected chi connectivity index (χ0v) is 13.6. The Morgan fingerprint density at radius 2 is 1.96 bits per heavy atom. The van der Waals surface area contributed by atoms with Crippen molar-refractivity contribution in [1.29, 1.82) is 0 Å². The molecule has 26 heavy (non-hydrogen) atoms. The smallest absolute Gasteiger partial charge is 0.337 e. The summed E-state index contributed by atoms with van der Waals surface area (Å²) in [6, 6.07) is 13.8. The van der Waals surface area contributed by atoms with Crippen LogP contribution in [-0.2, 0) is 16.1 Å². The van der Waals surface area contributed by atoms with Crippen LogP contribution in [0.4, 0.5) is 8.78 Å². The number of benzene rings is 2. The number of ether oxygens (including phenoxy) is 2. The standard InChI is InChI=1S/C19H14F2N2O3/c20-19(21)23-15-7-3-2-6-14(15)22-17(23)11-26-18(24)13-9-12-5-1-4-8-16(12)25-10-13/h1-9,19H,10-11H2. The number of halogens is 2. The number of carbonyl (C=O) groups excluding carboxylic acids is 1. The molecule has 0 unspecified atom stereocenters. The van der Waals surface area contributed by atoms with Gasteiger partial charge in [-0.05, 0) is 24.3 Å². The number of para-hydroxylation sites is 3. The molecule has 2 aromatic carbocycles. The first-order chi connectivity index (χ1) is 12.6. The van der Waals surface area contributed by atoms with E-state index in [4.69, 9.17) is 9.47 Å². The number of carbonyl (C=O) groups is 1. The Bertz CT molecular complexity index is 1010. The Morgan fingerprint density at radius 1 is 1.19 bits per heavy atom. The third-order valence-electron chi connectivity index (χ3n) is 4.09. The fourth-order valence-corrected chi connectivity index (χ4v) is 2.87. The second kappa shape index (κ2) is 6.59. The molecule has 3 aromatic rings. The molecule has 0 saturated carbocycles. The molecule has 7 heteroatoms. The van der Waals surface area contributed by atoms with Gasteiger partial charge in [-0.2, -0.15) is 8.78 Å². The highest BCUT2D eigenvalue weighted by molar-refractivity contribution is 5.95. The third-order valence-corrected chi connectivity index (χ3v) is 4.09. The minimum absolute atomic E-state index is 0.00715. The predicted molar refractivity (Wildman–Crippen MR) is 90.7 cm³/mol. The summed E-state index contributed by atoms with van der Waals surface area (Å²) in [6.45, 7) is -3.06. The van der Waals surface area contributed by atoms with Gasteiger partial charge in [0.15, 0.2) is 5.82 Å². The number of fused-ring (bicyclic) bond motifs is 2. The number of esters is 1. The van der Waals surface area contributed by atoms with Crippen molar-refractivity contribution in [1.82, 2.24) is 9.55 Å². The highest BCUT2D eigenvalue weighted by Crippen LogP contribution is 2.27. The predicted octanol–water partition coefficient (Wildman–Crippen LogP) is 3.95. The van der Waals surface area contributed by atoms with Crippen LogP contribution < -0.4 is 4.74 Å². The van der Waals surface area contributed by atoms with Crippen molar-refractivity contribution >= 4 is 23.1 Å². The molecular formula is C19H14F2N2O3. The lowest BCUT2D eigenvalue weighted by Gasteiger charge is -2.17. The first kappa shape index (κ1) is 16.3. The van der Waals surface area contributed by atoms with Crippen LogP contribution in [0, 0.1) is 0 Å². The summed E-state index contributed by atoms with van der Waals surface area (Å²) in [5, 5.41) is 0. The molecule has 1 aliphatic rings. The minimum atomic E-state index is -2.78. The van der Waals surface area contributed by atoms with E-state index in [-0.39, 0.29) is 19.0 Å². The van der Waals surface area contributed by atoms with Gasteiger partial charge in [-0.3, -0.25) is 4.57 Å². The van der Waals surface area contributed by atoms with Crippen molar-refractivity contribution in [2.24, 2.45) is 0 Å². The molecule has 5 nitrogen and oxygen atoms in total. The maximum atomic E-state index is 13.4. The van der Waals surface area contributed by atoms with Crippen LogP contribution in [0.25, 0.3) is 17.1 Å². The number of hydrogen-bond acceptors (Lipinski definition) is 4. The maximum absolute atomic E-state index is 13.4. The van der Waals surface area contributed by atoms with Gasteiger partial charge in [-0.1, -0.05) is 30.3 Å². The molecule has 0 fully saturated rings. The lowest BCUT2D eigenvalue weighted by molar-refractivity contribution is -0.141. The van der Waals surface area contributed by atoms with Crippen LogP contribution in [0.15, 0.2) is 54.1 Å². The highest BCUT2D eigenvalue weighted by Gasteiger charge is 2.21. The SMILES string of the molecule is O=C(OCc1nc2ccccc2n1C(F)F)C1=Cc2ccccc2OC1. The summed E-state index contributed by atoms with van der Waals surface area (Å²) in [4.78, 5) is 16.4.